The van der Waals surface area contributed by atoms with Crippen LogP contribution in [0.2, 0.25) is 0 Å². The van der Waals surface area contributed by atoms with Gasteiger partial charge in [0, 0.05) is 10.9 Å². The van der Waals surface area contributed by atoms with E-state index in [2.05, 4.69) is 20.7 Å². The summed E-state index contributed by atoms with van der Waals surface area (Å²) < 4.78 is 18.4. The minimum Gasteiger partial charge on any atom is -0.468 e. The van der Waals surface area contributed by atoms with Crippen LogP contribution in [0.4, 0.5) is 4.39 Å². The third-order valence-corrected chi connectivity index (χ3v) is 2.45. The first-order valence-electron chi connectivity index (χ1n) is 4.32. The molecule has 0 aliphatic carbocycles. The fourth-order valence-electron chi connectivity index (χ4n) is 1.16. The second-order valence-corrected chi connectivity index (χ2v) is 3.99. The highest BCUT2D eigenvalue weighted by atomic mass is 79.9. The molecule has 1 aromatic carbocycles. The molecule has 82 valence electrons. The van der Waals surface area contributed by atoms with Gasteiger partial charge in [0.1, 0.15) is 11.9 Å². The molecule has 0 saturated heterocycles. The summed E-state index contributed by atoms with van der Waals surface area (Å²) >= 11 is 3.14. The van der Waals surface area contributed by atoms with Gasteiger partial charge in [0.05, 0.1) is 7.11 Å². The maximum absolute atomic E-state index is 13.3. The second-order valence-electron chi connectivity index (χ2n) is 3.07. The van der Waals surface area contributed by atoms with Crippen LogP contribution in [0.1, 0.15) is 5.56 Å². The standard InChI is InChI=1S/C10H11BrFNO2/c1-15-10(14)9(13)4-6-2-3-7(11)5-8(6)12/h2-3,5,9H,4,13H2,1H3/t9-/m1/s1. The molecule has 0 spiro atoms. The molecule has 3 nitrogen and oxygen atoms in total. The van der Waals surface area contributed by atoms with E-state index in [-0.39, 0.29) is 12.2 Å². The zero-order valence-corrected chi connectivity index (χ0v) is 9.75. The molecule has 1 rings (SSSR count). The van der Waals surface area contributed by atoms with Crippen molar-refractivity contribution in [2.24, 2.45) is 5.73 Å². The number of hydrogen-bond donors (Lipinski definition) is 1. The number of rotatable bonds is 3. The number of hydrogen-bond acceptors (Lipinski definition) is 3. The van der Waals surface area contributed by atoms with Crippen LogP contribution in [0.15, 0.2) is 22.7 Å². The van der Waals surface area contributed by atoms with Gasteiger partial charge < -0.3 is 10.5 Å². The van der Waals surface area contributed by atoms with Crippen LogP contribution in [-0.2, 0) is 16.0 Å². The molecule has 0 saturated carbocycles. The van der Waals surface area contributed by atoms with Gasteiger partial charge in [-0.05, 0) is 17.7 Å². The molecule has 0 bridgehead atoms. The highest BCUT2D eigenvalue weighted by molar-refractivity contribution is 9.10. The molecule has 2 N–H and O–H groups in total. The average Bonchev–Trinajstić information content (AvgIpc) is 2.20. The predicted octanol–water partition coefficient (Wildman–Crippen LogP) is 1.63. The van der Waals surface area contributed by atoms with Gasteiger partial charge in [-0.25, -0.2) is 4.39 Å². The van der Waals surface area contributed by atoms with Crippen LogP contribution >= 0.6 is 15.9 Å². The summed E-state index contributed by atoms with van der Waals surface area (Å²) in [6, 6.07) is 3.79. The Labute approximate surface area is 95.5 Å². The number of carbonyl (C=O) groups is 1. The molecule has 0 amide bonds. The van der Waals surface area contributed by atoms with E-state index in [4.69, 9.17) is 5.73 Å². The van der Waals surface area contributed by atoms with Crippen molar-refractivity contribution in [1.29, 1.82) is 0 Å². The summed E-state index contributed by atoms with van der Waals surface area (Å²) in [5.41, 5.74) is 5.91. The van der Waals surface area contributed by atoms with Crippen molar-refractivity contribution in [2.45, 2.75) is 12.5 Å². The quantitative estimate of drug-likeness (QED) is 0.854. The zero-order chi connectivity index (χ0) is 11.4. The number of carbonyl (C=O) groups excluding carboxylic acids is 1. The van der Waals surface area contributed by atoms with E-state index in [1.807, 2.05) is 0 Å². The summed E-state index contributed by atoms with van der Waals surface area (Å²) in [4.78, 5) is 11.0. The van der Waals surface area contributed by atoms with Crippen LogP contribution in [0.5, 0.6) is 0 Å². The van der Waals surface area contributed by atoms with Crippen LogP contribution < -0.4 is 5.73 Å². The van der Waals surface area contributed by atoms with Gasteiger partial charge in [0.15, 0.2) is 0 Å². The summed E-state index contributed by atoms with van der Waals surface area (Å²) in [5.74, 6) is -0.930. The normalized spacial score (nSPS) is 12.3. The monoisotopic (exact) mass is 275 g/mol. The third kappa shape index (κ3) is 3.28. The van der Waals surface area contributed by atoms with Crippen molar-refractivity contribution in [1.82, 2.24) is 0 Å². The average molecular weight is 276 g/mol. The Morgan fingerprint density at radius 2 is 2.33 bits per heavy atom. The van der Waals surface area contributed by atoms with Gasteiger partial charge >= 0.3 is 5.97 Å². The van der Waals surface area contributed by atoms with Crippen molar-refractivity contribution < 1.29 is 13.9 Å². The number of methoxy groups -OCH3 is 1. The first-order chi connectivity index (χ1) is 7.04. The van der Waals surface area contributed by atoms with Crippen LogP contribution in [0.3, 0.4) is 0 Å². The van der Waals surface area contributed by atoms with Gasteiger partial charge in [-0.3, -0.25) is 4.79 Å². The maximum atomic E-state index is 13.3. The van der Waals surface area contributed by atoms with Crippen LogP contribution in [-0.4, -0.2) is 19.1 Å². The fraction of sp³-hybridized carbons (Fsp3) is 0.300. The van der Waals surface area contributed by atoms with E-state index in [0.29, 0.717) is 10.0 Å². The third-order valence-electron chi connectivity index (χ3n) is 1.96. The molecule has 1 aromatic rings. The Hall–Kier alpha value is -0.940. The number of ether oxygens (including phenoxy) is 1. The Morgan fingerprint density at radius 1 is 1.67 bits per heavy atom. The smallest absolute Gasteiger partial charge is 0.322 e. The SMILES string of the molecule is COC(=O)[C@H](N)Cc1ccc(Br)cc1F. The molecule has 15 heavy (non-hydrogen) atoms. The molecule has 0 aliphatic rings. The van der Waals surface area contributed by atoms with Gasteiger partial charge in [-0.2, -0.15) is 0 Å². The van der Waals surface area contributed by atoms with Gasteiger partial charge in [-0.15, -0.1) is 0 Å². The summed E-state index contributed by atoms with van der Waals surface area (Å²) in [6.07, 6.45) is 0.131. The van der Waals surface area contributed by atoms with Crippen LogP contribution in [0.25, 0.3) is 0 Å². The second kappa shape index (κ2) is 5.23. The highest BCUT2D eigenvalue weighted by Gasteiger charge is 2.16. The first kappa shape index (κ1) is 12.1. The zero-order valence-electron chi connectivity index (χ0n) is 8.17. The lowest BCUT2D eigenvalue weighted by Gasteiger charge is -2.09. The first-order valence-corrected chi connectivity index (χ1v) is 5.11. The number of nitrogens with two attached hydrogens (primary N) is 1. The summed E-state index contributed by atoms with van der Waals surface area (Å²) in [5, 5.41) is 0. The van der Waals surface area contributed by atoms with Crippen molar-refractivity contribution >= 4 is 21.9 Å². The van der Waals surface area contributed by atoms with Crippen molar-refractivity contribution in [3.63, 3.8) is 0 Å². The molecular formula is C10H11BrFNO2. The minimum absolute atomic E-state index is 0.131. The fourth-order valence-corrected chi connectivity index (χ4v) is 1.49. The van der Waals surface area contributed by atoms with Crippen LogP contribution in [0, 0.1) is 5.82 Å². The lowest BCUT2D eigenvalue weighted by atomic mass is 10.1. The molecule has 0 radical (unpaired) electrons. The summed E-state index contributed by atoms with van der Waals surface area (Å²) in [6.45, 7) is 0. The highest BCUT2D eigenvalue weighted by Crippen LogP contribution is 2.16. The van der Waals surface area contributed by atoms with Crippen molar-refractivity contribution in [3.05, 3.63) is 34.1 Å². The molecule has 0 aromatic heterocycles. The Morgan fingerprint density at radius 3 is 2.87 bits per heavy atom. The largest absolute Gasteiger partial charge is 0.468 e. The lowest BCUT2D eigenvalue weighted by Crippen LogP contribution is -2.33. The maximum Gasteiger partial charge on any atom is 0.322 e. The Bertz CT molecular complexity index is 370. The molecule has 0 heterocycles. The van der Waals surface area contributed by atoms with E-state index in [1.54, 1.807) is 12.1 Å². The van der Waals surface area contributed by atoms with Gasteiger partial charge in [0.2, 0.25) is 0 Å². The van der Waals surface area contributed by atoms with Gasteiger partial charge in [0.25, 0.3) is 0 Å². The molecule has 0 fully saturated rings. The molecule has 0 unspecified atom stereocenters. The van der Waals surface area contributed by atoms with Crippen molar-refractivity contribution in [2.75, 3.05) is 7.11 Å². The van der Waals surface area contributed by atoms with Gasteiger partial charge in [-0.1, -0.05) is 22.0 Å². The van der Waals surface area contributed by atoms with Crippen molar-refractivity contribution in [3.8, 4) is 0 Å². The molecule has 0 aliphatic heterocycles. The number of halogens is 2. The molecule has 5 heteroatoms. The topological polar surface area (TPSA) is 52.3 Å². The Kier molecular flexibility index (Phi) is 4.23. The van der Waals surface area contributed by atoms with E-state index in [9.17, 15) is 9.18 Å². The van der Waals surface area contributed by atoms with E-state index in [1.165, 1.54) is 13.2 Å². The minimum atomic E-state index is -0.828. The molecule has 1 atom stereocenters. The molecular weight excluding hydrogens is 265 g/mol. The predicted molar refractivity (Wildman–Crippen MR) is 57.8 cm³/mol. The summed E-state index contributed by atoms with van der Waals surface area (Å²) in [7, 11) is 1.25. The van der Waals surface area contributed by atoms with E-state index in [0.717, 1.165) is 0 Å². The number of benzene rings is 1. The Balaban J connectivity index is 2.76. The van der Waals surface area contributed by atoms with E-state index >= 15 is 0 Å². The van der Waals surface area contributed by atoms with E-state index < -0.39 is 12.0 Å². The number of esters is 1. The lowest BCUT2D eigenvalue weighted by molar-refractivity contribution is -0.142.